The van der Waals surface area contributed by atoms with Gasteiger partial charge in [0.05, 0.1) is 0 Å². The summed E-state index contributed by atoms with van der Waals surface area (Å²) in [6, 6.07) is 14.2. The second-order valence-corrected chi connectivity index (χ2v) is 6.47. The molecule has 1 saturated heterocycles. The molecule has 1 aliphatic rings. The van der Waals surface area contributed by atoms with E-state index in [1.165, 1.54) is 5.69 Å². The lowest BCUT2D eigenvalue weighted by atomic mass is 10.2. The summed E-state index contributed by atoms with van der Waals surface area (Å²) in [5.41, 5.74) is 2.21. The number of rotatable bonds is 5. The Balaban J connectivity index is 1.49. The molecule has 1 fully saturated rings. The third-order valence-electron chi connectivity index (χ3n) is 4.38. The van der Waals surface area contributed by atoms with Gasteiger partial charge in [-0.25, -0.2) is 9.78 Å². The predicted octanol–water partition coefficient (Wildman–Crippen LogP) is 2.23. The third kappa shape index (κ3) is 4.41. The van der Waals surface area contributed by atoms with Gasteiger partial charge in [0.25, 0.3) is 0 Å². The van der Waals surface area contributed by atoms with Crippen molar-refractivity contribution in [3.8, 4) is 0 Å². The first-order chi connectivity index (χ1) is 12.1. The van der Waals surface area contributed by atoms with Crippen LogP contribution in [-0.2, 0) is 6.54 Å². The van der Waals surface area contributed by atoms with E-state index >= 15 is 0 Å². The molecule has 1 aromatic carbocycles. The Kier molecular flexibility index (Phi) is 5.38. The molecule has 2 heterocycles. The van der Waals surface area contributed by atoms with Crippen molar-refractivity contribution in [1.82, 2.24) is 15.6 Å². The minimum atomic E-state index is -0.131. The normalized spacial score (nSPS) is 16.6. The maximum atomic E-state index is 12.2. The Labute approximate surface area is 148 Å². The number of carbonyl (C=O) groups excluding carboxylic acids is 1. The summed E-state index contributed by atoms with van der Waals surface area (Å²) in [7, 11) is 3.89. The number of hydrogen-bond donors (Lipinski definition) is 2. The molecule has 2 aromatic rings. The number of hydrogen-bond acceptors (Lipinski definition) is 4. The zero-order chi connectivity index (χ0) is 17.6. The standard InChI is InChI=1S/C19H25N5O/c1-23(2)18-15(7-6-11-20-18)13-21-19(25)22-16-10-12-24(14-16)17-8-4-3-5-9-17/h3-9,11,16H,10,12-14H2,1-2H3,(H2,21,22,25)/t16-/m0/s1. The average molecular weight is 339 g/mol. The number of anilines is 2. The molecule has 0 radical (unpaired) electrons. The van der Waals surface area contributed by atoms with E-state index in [-0.39, 0.29) is 12.1 Å². The maximum Gasteiger partial charge on any atom is 0.315 e. The number of aromatic nitrogens is 1. The van der Waals surface area contributed by atoms with Crippen molar-refractivity contribution in [2.75, 3.05) is 37.0 Å². The lowest BCUT2D eigenvalue weighted by Crippen LogP contribution is -2.43. The van der Waals surface area contributed by atoms with Gasteiger partial charge in [-0.3, -0.25) is 0 Å². The highest BCUT2D eigenvalue weighted by Crippen LogP contribution is 2.19. The van der Waals surface area contributed by atoms with Crippen LogP contribution in [0.1, 0.15) is 12.0 Å². The molecule has 1 atom stereocenters. The number of para-hydroxylation sites is 1. The van der Waals surface area contributed by atoms with Crippen molar-refractivity contribution < 1.29 is 4.79 Å². The van der Waals surface area contributed by atoms with Crippen LogP contribution in [0.15, 0.2) is 48.7 Å². The first-order valence-corrected chi connectivity index (χ1v) is 8.59. The fraction of sp³-hybridized carbons (Fsp3) is 0.368. The number of pyridine rings is 1. The number of carbonyl (C=O) groups is 1. The second kappa shape index (κ2) is 7.88. The highest BCUT2D eigenvalue weighted by Gasteiger charge is 2.23. The summed E-state index contributed by atoms with van der Waals surface area (Å²) in [6.45, 7) is 2.26. The van der Waals surface area contributed by atoms with Crippen LogP contribution in [0.25, 0.3) is 0 Å². The van der Waals surface area contributed by atoms with E-state index in [9.17, 15) is 4.79 Å². The molecule has 6 nitrogen and oxygen atoms in total. The molecule has 1 aromatic heterocycles. The Bertz CT molecular complexity index is 704. The summed E-state index contributed by atoms with van der Waals surface area (Å²) in [5.74, 6) is 0.874. The monoisotopic (exact) mass is 339 g/mol. The van der Waals surface area contributed by atoms with E-state index in [4.69, 9.17) is 0 Å². The summed E-state index contributed by atoms with van der Waals surface area (Å²) in [5, 5.41) is 6.01. The number of nitrogens with one attached hydrogen (secondary N) is 2. The molecule has 2 N–H and O–H groups in total. The van der Waals surface area contributed by atoms with Gasteiger partial charge in [0.15, 0.2) is 0 Å². The molecule has 3 rings (SSSR count). The number of benzene rings is 1. The summed E-state index contributed by atoms with van der Waals surface area (Å²) < 4.78 is 0. The minimum absolute atomic E-state index is 0.131. The Morgan fingerprint density at radius 3 is 2.80 bits per heavy atom. The molecule has 0 aliphatic carbocycles. The molecule has 6 heteroatoms. The summed E-state index contributed by atoms with van der Waals surface area (Å²) >= 11 is 0. The molecule has 2 amide bonds. The Hall–Kier alpha value is -2.76. The highest BCUT2D eigenvalue weighted by molar-refractivity contribution is 5.74. The van der Waals surface area contributed by atoms with Crippen molar-refractivity contribution in [2.24, 2.45) is 0 Å². The summed E-state index contributed by atoms with van der Waals surface area (Å²) in [4.78, 5) is 20.8. The van der Waals surface area contributed by atoms with Gasteiger partial charge in [-0.2, -0.15) is 0 Å². The topological polar surface area (TPSA) is 60.5 Å². The Morgan fingerprint density at radius 1 is 1.24 bits per heavy atom. The first-order valence-electron chi connectivity index (χ1n) is 8.59. The smallest absolute Gasteiger partial charge is 0.315 e. The number of urea groups is 1. The van der Waals surface area contributed by atoms with Gasteiger partial charge in [0, 0.05) is 57.2 Å². The van der Waals surface area contributed by atoms with Crippen molar-refractivity contribution in [3.63, 3.8) is 0 Å². The van der Waals surface area contributed by atoms with Gasteiger partial charge in [-0.05, 0) is 24.6 Å². The van der Waals surface area contributed by atoms with Crippen LogP contribution in [0, 0.1) is 0 Å². The molecule has 132 valence electrons. The summed E-state index contributed by atoms with van der Waals surface area (Å²) in [6.07, 6.45) is 2.72. The predicted molar refractivity (Wildman–Crippen MR) is 101 cm³/mol. The molecular formula is C19H25N5O. The number of nitrogens with zero attached hydrogens (tertiary/aromatic N) is 3. The van der Waals surface area contributed by atoms with Gasteiger partial charge in [0.2, 0.25) is 0 Å². The fourth-order valence-corrected chi connectivity index (χ4v) is 3.13. The van der Waals surface area contributed by atoms with Gasteiger partial charge >= 0.3 is 6.03 Å². The SMILES string of the molecule is CN(C)c1ncccc1CNC(=O)N[C@H]1CCN(c2ccccc2)C1. The molecule has 0 spiro atoms. The van der Waals surface area contributed by atoms with E-state index in [1.807, 2.05) is 49.3 Å². The van der Waals surface area contributed by atoms with E-state index in [1.54, 1.807) is 6.20 Å². The van der Waals surface area contributed by atoms with Crippen molar-refractivity contribution >= 4 is 17.5 Å². The van der Waals surface area contributed by atoms with E-state index < -0.39 is 0 Å². The molecule has 0 unspecified atom stereocenters. The third-order valence-corrected chi connectivity index (χ3v) is 4.38. The van der Waals surface area contributed by atoms with Crippen LogP contribution < -0.4 is 20.4 Å². The van der Waals surface area contributed by atoms with Gasteiger partial charge in [-0.1, -0.05) is 24.3 Å². The molecule has 0 saturated carbocycles. The van der Waals surface area contributed by atoms with Crippen LogP contribution in [0.5, 0.6) is 0 Å². The zero-order valence-corrected chi connectivity index (χ0v) is 14.8. The quantitative estimate of drug-likeness (QED) is 0.877. The fourth-order valence-electron chi connectivity index (χ4n) is 3.13. The van der Waals surface area contributed by atoms with E-state index in [2.05, 4.69) is 32.7 Å². The molecule has 25 heavy (non-hydrogen) atoms. The van der Waals surface area contributed by atoms with Crippen LogP contribution in [-0.4, -0.2) is 44.2 Å². The zero-order valence-electron chi connectivity index (χ0n) is 14.8. The molecule has 0 bridgehead atoms. The average Bonchev–Trinajstić information content (AvgIpc) is 3.09. The highest BCUT2D eigenvalue weighted by atomic mass is 16.2. The number of amides is 2. The van der Waals surface area contributed by atoms with Crippen LogP contribution >= 0.6 is 0 Å². The first kappa shape index (κ1) is 17.1. The van der Waals surface area contributed by atoms with Crippen molar-refractivity contribution in [2.45, 2.75) is 19.0 Å². The molecular weight excluding hydrogens is 314 g/mol. The maximum absolute atomic E-state index is 12.2. The van der Waals surface area contributed by atoms with E-state index in [0.29, 0.717) is 6.54 Å². The van der Waals surface area contributed by atoms with E-state index in [0.717, 1.165) is 30.9 Å². The Morgan fingerprint density at radius 2 is 2.04 bits per heavy atom. The second-order valence-electron chi connectivity index (χ2n) is 6.47. The van der Waals surface area contributed by atoms with Gasteiger partial charge < -0.3 is 20.4 Å². The van der Waals surface area contributed by atoms with Crippen LogP contribution in [0.2, 0.25) is 0 Å². The lowest BCUT2D eigenvalue weighted by molar-refractivity contribution is 0.237. The van der Waals surface area contributed by atoms with Crippen molar-refractivity contribution in [1.29, 1.82) is 0 Å². The largest absolute Gasteiger partial charge is 0.369 e. The van der Waals surface area contributed by atoms with Gasteiger partial charge in [0.1, 0.15) is 5.82 Å². The van der Waals surface area contributed by atoms with Crippen LogP contribution in [0.3, 0.4) is 0 Å². The molecule has 1 aliphatic heterocycles. The van der Waals surface area contributed by atoms with Crippen LogP contribution in [0.4, 0.5) is 16.3 Å². The lowest BCUT2D eigenvalue weighted by Gasteiger charge is -2.19. The van der Waals surface area contributed by atoms with Crippen molar-refractivity contribution in [3.05, 3.63) is 54.2 Å². The minimum Gasteiger partial charge on any atom is -0.369 e. The van der Waals surface area contributed by atoms with Gasteiger partial charge in [-0.15, -0.1) is 0 Å².